The fourth-order valence-electron chi connectivity index (χ4n) is 3.62. The smallest absolute Gasteiger partial charge is 0.285 e. The molecule has 1 aliphatic heterocycles. The summed E-state index contributed by atoms with van der Waals surface area (Å²) in [6.45, 7) is 6.74. The van der Waals surface area contributed by atoms with Gasteiger partial charge in [0.25, 0.3) is 5.91 Å². The Morgan fingerprint density at radius 2 is 1.80 bits per heavy atom. The number of thiocarbonyl (C=S) groups is 1. The van der Waals surface area contributed by atoms with Crippen molar-refractivity contribution in [3.05, 3.63) is 70.4 Å². The standard InChI is InChI=1S/C24H24N2O2S2/c1-4-5-14-28-21-13-12-18-8-6-7-9-19(18)20(21)15-22-23(27)26(24(29)30-22)25-16(2)10-11-17(25)3/h6-13,15H,4-5,14H2,1-3H3/b22-15-. The lowest BCUT2D eigenvalue weighted by molar-refractivity contribution is -0.114. The van der Waals surface area contributed by atoms with Crippen molar-refractivity contribution in [3.63, 3.8) is 0 Å². The number of fused-ring (bicyclic) bond motifs is 1. The maximum Gasteiger partial charge on any atom is 0.285 e. The number of nitrogens with zero attached hydrogens (tertiary/aromatic N) is 2. The molecule has 0 saturated carbocycles. The van der Waals surface area contributed by atoms with Crippen LogP contribution in [0.5, 0.6) is 5.75 Å². The summed E-state index contributed by atoms with van der Waals surface area (Å²) in [7, 11) is 0. The Labute approximate surface area is 186 Å². The number of benzene rings is 2. The Kier molecular flexibility index (Phi) is 5.97. The van der Waals surface area contributed by atoms with Crippen LogP contribution in [0.2, 0.25) is 0 Å². The van der Waals surface area contributed by atoms with Gasteiger partial charge >= 0.3 is 0 Å². The molecule has 154 valence electrons. The molecule has 0 atom stereocenters. The number of unbranched alkanes of at least 4 members (excludes halogenated alkanes) is 1. The highest BCUT2D eigenvalue weighted by molar-refractivity contribution is 8.27. The average molecular weight is 437 g/mol. The summed E-state index contributed by atoms with van der Waals surface area (Å²) in [6.07, 6.45) is 3.98. The molecule has 3 aromatic rings. The molecule has 0 bridgehead atoms. The van der Waals surface area contributed by atoms with E-state index in [1.54, 1.807) is 5.01 Å². The zero-order valence-corrected chi connectivity index (χ0v) is 19.0. The summed E-state index contributed by atoms with van der Waals surface area (Å²) in [4.78, 5) is 13.9. The molecule has 6 heteroatoms. The lowest BCUT2D eigenvalue weighted by Crippen LogP contribution is -2.39. The van der Waals surface area contributed by atoms with Crippen molar-refractivity contribution in [1.82, 2.24) is 4.68 Å². The molecule has 0 N–H and O–H groups in total. The molecule has 0 spiro atoms. The van der Waals surface area contributed by atoms with Crippen LogP contribution in [-0.4, -0.2) is 21.5 Å². The van der Waals surface area contributed by atoms with Gasteiger partial charge in [0.15, 0.2) is 4.32 Å². The summed E-state index contributed by atoms with van der Waals surface area (Å²) < 4.78 is 8.48. The first kappa shape index (κ1) is 20.7. The van der Waals surface area contributed by atoms with Crippen molar-refractivity contribution in [1.29, 1.82) is 0 Å². The van der Waals surface area contributed by atoms with E-state index in [1.165, 1.54) is 11.8 Å². The van der Waals surface area contributed by atoms with Gasteiger partial charge in [-0.05, 0) is 67.5 Å². The maximum atomic E-state index is 13.3. The molecule has 0 radical (unpaired) electrons. The first-order valence-corrected chi connectivity index (χ1v) is 11.3. The van der Waals surface area contributed by atoms with E-state index in [2.05, 4.69) is 25.1 Å². The Bertz CT molecular complexity index is 1140. The molecule has 0 unspecified atom stereocenters. The fourth-order valence-corrected chi connectivity index (χ4v) is 4.84. The number of amides is 1. The van der Waals surface area contributed by atoms with E-state index in [-0.39, 0.29) is 5.91 Å². The predicted octanol–water partition coefficient (Wildman–Crippen LogP) is 5.97. The van der Waals surface area contributed by atoms with Gasteiger partial charge in [-0.15, -0.1) is 0 Å². The summed E-state index contributed by atoms with van der Waals surface area (Å²) in [5.41, 5.74) is 2.86. The molecule has 1 aromatic heterocycles. The van der Waals surface area contributed by atoms with Crippen LogP contribution in [0.15, 0.2) is 53.4 Å². The topological polar surface area (TPSA) is 34.5 Å². The minimum Gasteiger partial charge on any atom is -0.493 e. The normalized spacial score (nSPS) is 15.6. The zero-order valence-electron chi connectivity index (χ0n) is 17.3. The number of carbonyl (C=O) groups is 1. The molecule has 4 nitrogen and oxygen atoms in total. The third kappa shape index (κ3) is 3.77. The minimum absolute atomic E-state index is 0.111. The molecule has 2 heterocycles. The summed E-state index contributed by atoms with van der Waals surface area (Å²) in [5, 5.41) is 3.75. The van der Waals surface area contributed by atoms with Gasteiger partial charge in [0.2, 0.25) is 0 Å². The molecular formula is C24H24N2O2S2. The van der Waals surface area contributed by atoms with Crippen LogP contribution in [0.4, 0.5) is 0 Å². The predicted molar refractivity (Wildman–Crippen MR) is 130 cm³/mol. The number of ether oxygens (including phenoxy) is 1. The van der Waals surface area contributed by atoms with Gasteiger partial charge in [0, 0.05) is 17.0 Å². The average Bonchev–Trinajstić information content (AvgIpc) is 3.20. The largest absolute Gasteiger partial charge is 0.493 e. The van der Waals surface area contributed by atoms with Crippen LogP contribution in [0.25, 0.3) is 16.8 Å². The Morgan fingerprint density at radius 1 is 1.07 bits per heavy atom. The maximum absolute atomic E-state index is 13.3. The van der Waals surface area contributed by atoms with E-state index >= 15 is 0 Å². The van der Waals surface area contributed by atoms with E-state index in [0.29, 0.717) is 15.8 Å². The molecule has 1 amide bonds. The van der Waals surface area contributed by atoms with E-state index in [0.717, 1.165) is 46.3 Å². The van der Waals surface area contributed by atoms with E-state index in [9.17, 15) is 4.79 Å². The first-order valence-electron chi connectivity index (χ1n) is 10.1. The summed E-state index contributed by atoms with van der Waals surface area (Å²) >= 11 is 6.90. The van der Waals surface area contributed by atoms with Gasteiger partial charge in [-0.1, -0.05) is 55.4 Å². The molecule has 0 aliphatic carbocycles. The zero-order chi connectivity index (χ0) is 21.3. The molecule has 4 rings (SSSR count). The Hall–Kier alpha value is -2.57. The highest BCUT2D eigenvalue weighted by Gasteiger charge is 2.35. The number of thioether (sulfide) groups is 1. The van der Waals surface area contributed by atoms with Crippen LogP contribution in [-0.2, 0) is 4.79 Å². The number of aryl methyl sites for hydroxylation is 2. The second kappa shape index (κ2) is 8.66. The van der Waals surface area contributed by atoms with E-state index in [1.807, 2.05) is 54.9 Å². The van der Waals surface area contributed by atoms with Crippen LogP contribution < -0.4 is 9.75 Å². The van der Waals surface area contributed by atoms with Gasteiger partial charge in [-0.25, -0.2) is 0 Å². The van der Waals surface area contributed by atoms with Crippen LogP contribution in [0, 0.1) is 13.8 Å². The third-order valence-corrected chi connectivity index (χ3v) is 6.45. The Balaban J connectivity index is 1.78. The number of hydrogen-bond acceptors (Lipinski definition) is 4. The quantitative estimate of drug-likeness (QED) is 0.271. The number of hydrogen-bond donors (Lipinski definition) is 0. The van der Waals surface area contributed by atoms with Crippen molar-refractivity contribution in [3.8, 4) is 5.75 Å². The van der Waals surface area contributed by atoms with Gasteiger partial charge in [0.05, 0.1) is 11.5 Å². The fraction of sp³-hybridized carbons (Fsp3) is 0.250. The van der Waals surface area contributed by atoms with Gasteiger partial charge in [0.1, 0.15) is 5.75 Å². The second-order valence-electron chi connectivity index (χ2n) is 7.32. The third-order valence-electron chi connectivity index (χ3n) is 5.17. The highest BCUT2D eigenvalue weighted by atomic mass is 32.2. The van der Waals surface area contributed by atoms with E-state index in [4.69, 9.17) is 17.0 Å². The molecule has 1 fully saturated rings. The van der Waals surface area contributed by atoms with Crippen molar-refractivity contribution in [2.45, 2.75) is 33.6 Å². The van der Waals surface area contributed by atoms with Gasteiger partial charge in [-0.2, -0.15) is 5.01 Å². The lowest BCUT2D eigenvalue weighted by Gasteiger charge is -2.20. The van der Waals surface area contributed by atoms with Crippen molar-refractivity contribution < 1.29 is 9.53 Å². The van der Waals surface area contributed by atoms with Crippen molar-refractivity contribution >= 4 is 51.1 Å². The van der Waals surface area contributed by atoms with Gasteiger partial charge in [-0.3, -0.25) is 9.47 Å². The van der Waals surface area contributed by atoms with Gasteiger partial charge < -0.3 is 4.74 Å². The first-order chi connectivity index (χ1) is 14.5. The minimum atomic E-state index is -0.111. The molecular weight excluding hydrogens is 412 g/mol. The highest BCUT2D eigenvalue weighted by Crippen LogP contribution is 2.37. The number of aromatic nitrogens is 1. The SMILES string of the molecule is CCCCOc1ccc2ccccc2c1/C=C1\SC(=S)N(n2c(C)ccc2C)C1=O. The monoisotopic (exact) mass is 436 g/mol. The van der Waals surface area contributed by atoms with Crippen LogP contribution >= 0.6 is 24.0 Å². The van der Waals surface area contributed by atoms with Crippen molar-refractivity contribution in [2.24, 2.45) is 0 Å². The molecule has 1 saturated heterocycles. The number of rotatable bonds is 6. The molecule has 30 heavy (non-hydrogen) atoms. The second-order valence-corrected chi connectivity index (χ2v) is 9.00. The van der Waals surface area contributed by atoms with Crippen molar-refractivity contribution in [2.75, 3.05) is 11.6 Å². The summed E-state index contributed by atoms with van der Waals surface area (Å²) in [6, 6.07) is 16.2. The lowest BCUT2D eigenvalue weighted by atomic mass is 10.0. The Morgan fingerprint density at radius 3 is 2.53 bits per heavy atom. The molecule has 2 aromatic carbocycles. The summed E-state index contributed by atoms with van der Waals surface area (Å²) in [5.74, 6) is 0.681. The number of carbonyl (C=O) groups excluding carboxylic acids is 1. The molecule has 1 aliphatic rings. The van der Waals surface area contributed by atoms with Crippen LogP contribution in [0.3, 0.4) is 0 Å². The van der Waals surface area contributed by atoms with Crippen LogP contribution in [0.1, 0.15) is 36.7 Å². The van der Waals surface area contributed by atoms with E-state index < -0.39 is 0 Å².